The normalized spacial score (nSPS) is 12.1. The molecule has 0 aliphatic rings. The summed E-state index contributed by atoms with van der Waals surface area (Å²) in [6.07, 6.45) is 1.72. The molecule has 0 radical (unpaired) electrons. The van der Waals surface area contributed by atoms with E-state index in [1.165, 1.54) is 17.4 Å². The smallest absolute Gasteiger partial charge is 0.252 e. The summed E-state index contributed by atoms with van der Waals surface area (Å²) in [4.78, 5) is 16.2. The highest BCUT2D eigenvalue weighted by Crippen LogP contribution is 2.18. The molecule has 1 aromatic heterocycles. The van der Waals surface area contributed by atoms with E-state index in [4.69, 9.17) is 0 Å². The van der Waals surface area contributed by atoms with Crippen molar-refractivity contribution >= 4 is 17.2 Å². The molecular weight excluding hydrogens is 248 g/mol. The third kappa shape index (κ3) is 2.68. The molecule has 0 bridgehead atoms. The lowest BCUT2D eigenvalue weighted by Crippen LogP contribution is -2.27. The van der Waals surface area contributed by atoms with Crippen molar-refractivity contribution in [2.75, 3.05) is 0 Å². The van der Waals surface area contributed by atoms with Gasteiger partial charge in [0.15, 0.2) is 0 Å². The van der Waals surface area contributed by atoms with Gasteiger partial charge in [0, 0.05) is 17.1 Å². The van der Waals surface area contributed by atoms with Crippen LogP contribution < -0.4 is 5.32 Å². The van der Waals surface area contributed by atoms with Crippen molar-refractivity contribution in [3.63, 3.8) is 0 Å². The Morgan fingerprint density at radius 1 is 1.50 bits per heavy atom. The van der Waals surface area contributed by atoms with E-state index >= 15 is 0 Å². The molecule has 0 fully saturated rings. The zero-order valence-corrected chi connectivity index (χ0v) is 11.0. The summed E-state index contributed by atoms with van der Waals surface area (Å²) < 4.78 is 0. The highest BCUT2D eigenvalue weighted by atomic mass is 32.1. The third-order valence-electron chi connectivity index (χ3n) is 2.62. The minimum atomic E-state index is -0.157. The zero-order valence-electron chi connectivity index (χ0n) is 10.2. The Labute approximate surface area is 109 Å². The molecule has 0 aliphatic carbocycles. The lowest BCUT2D eigenvalue weighted by atomic mass is 10.1. The van der Waals surface area contributed by atoms with Gasteiger partial charge in [-0.2, -0.15) is 0 Å². The SMILES string of the molecule is Cc1cc(O)ccc1C(=O)NC(C)c1nccs1. The summed E-state index contributed by atoms with van der Waals surface area (Å²) in [5.74, 6) is 0.00669. The minimum absolute atomic E-state index is 0.120. The van der Waals surface area contributed by atoms with Crippen LogP contribution in [-0.4, -0.2) is 16.0 Å². The quantitative estimate of drug-likeness (QED) is 0.894. The lowest BCUT2D eigenvalue weighted by Gasteiger charge is -2.12. The van der Waals surface area contributed by atoms with Crippen LogP contribution in [0.4, 0.5) is 0 Å². The van der Waals surface area contributed by atoms with E-state index in [2.05, 4.69) is 10.3 Å². The van der Waals surface area contributed by atoms with Crippen LogP contribution in [0.1, 0.15) is 33.9 Å². The Morgan fingerprint density at radius 3 is 2.89 bits per heavy atom. The van der Waals surface area contributed by atoms with E-state index in [9.17, 15) is 9.90 Å². The van der Waals surface area contributed by atoms with Gasteiger partial charge in [0.1, 0.15) is 10.8 Å². The van der Waals surface area contributed by atoms with Gasteiger partial charge in [-0.15, -0.1) is 11.3 Å². The van der Waals surface area contributed by atoms with E-state index in [0.717, 1.165) is 10.6 Å². The van der Waals surface area contributed by atoms with Gasteiger partial charge in [0.2, 0.25) is 0 Å². The number of rotatable bonds is 3. The van der Waals surface area contributed by atoms with Gasteiger partial charge in [0.25, 0.3) is 5.91 Å². The molecule has 1 atom stereocenters. The number of hydrogen-bond donors (Lipinski definition) is 2. The number of thiazole rings is 1. The fourth-order valence-corrected chi connectivity index (χ4v) is 2.33. The maximum atomic E-state index is 12.1. The molecule has 2 aromatic rings. The molecule has 0 saturated heterocycles. The van der Waals surface area contributed by atoms with Gasteiger partial charge in [-0.3, -0.25) is 4.79 Å². The van der Waals surface area contributed by atoms with Gasteiger partial charge in [-0.05, 0) is 37.6 Å². The van der Waals surface area contributed by atoms with E-state index < -0.39 is 0 Å². The Bertz CT molecular complexity index is 552. The fraction of sp³-hybridized carbons (Fsp3) is 0.231. The first-order valence-corrected chi connectivity index (χ1v) is 6.46. The molecule has 1 aromatic carbocycles. The van der Waals surface area contributed by atoms with Crippen molar-refractivity contribution < 1.29 is 9.90 Å². The second-order valence-corrected chi connectivity index (χ2v) is 4.99. The molecule has 0 spiro atoms. The summed E-state index contributed by atoms with van der Waals surface area (Å²) in [6.45, 7) is 3.69. The summed E-state index contributed by atoms with van der Waals surface area (Å²) in [5, 5.41) is 15.0. The molecule has 1 amide bonds. The second kappa shape index (κ2) is 5.18. The Kier molecular flexibility index (Phi) is 3.62. The van der Waals surface area contributed by atoms with Crippen molar-refractivity contribution in [2.24, 2.45) is 0 Å². The number of phenols is 1. The number of carbonyl (C=O) groups is 1. The second-order valence-electron chi connectivity index (χ2n) is 4.06. The lowest BCUT2D eigenvalue weighted by molar-refractivity contribution is 0.0939. The fourth-order valence-electron chi connectivity index (χ4n) is 1.69. The number of aromatic nitrogens is 1. The van der Waals surface area contributed by atoms with Gasteiger partial charge >= 0.3 is 0 Å². The first kappa shape index (κ1) is 12.6. The average molecular weight is 262 g/mol. The number of aromatic hydroxyl groups is 1. The largest absolute Gasteiger partial charge is 0.508 e. The Balaban J connectivity index is 2.12. The maximum absolute atomic E-state index is 12.1. The molecular formula is C13H14N2O2S. The number of nitrogens with zero attached hydrogens (tertiary/aromatic N) is 1. The van der Waals surface area contributed by atoms with Crippen LogP contribution in [0.15, 0.2) is 29.8 Å². The van der Waals surface area contributed by atoms with Crippen LogP contribution >= 0.6 is 11.3 Å². The molecule has 0 saturated carbocycles. The summed E-state index contributed by atoms with van der Waals surface area (Å²) in [7, 11) is 0. The topological polar surface area (TPSA) is 62.2 Å². The molecule has 5 heteroatoms. The first-order valence-electron chi connectivity index (χ1n) is 5.58. The number of hydrogen-bond acceptors (Lipinski definition) is 4. The standard InChI is InChI=1S/C13H14N2O2S/c1-8-7-10(16)3-4-11(8)12(17)15-9(2)13-14-5-6-18-13/h3-7,9,16H,1-2H3,(H,15,17). The number of phenolic OH excluding ortho intramolecular Hbond substituents is 1. The summed E-state index contributed by atoms with van der Waals surface area (Å²) in [5.41, 5.74) is 1.31. The number of aryl methyl sites for hydroxylation is 1. The third-order valence-corrected chi connectivity index (χ3v) is 3.58. The highest BCUT2D eigenvalue weighted by Gasteiger charge is 2.14. The van der Waals surface area contributed by atoms with E-state index in [1.54, 1.807) is 25.3 Å². The van der Waals surface area contributed by atoms with Gasteiger partial charge in [-0.25, -0.2) is 4.98 Å². The van der Waals surface area contributed by atoms with Gasteiger partial charge in [-0.1, -0.05) is 0 Å². The van der Waals surface area contributed by atoms with E-state index in [-0.39, 0.29) is 17.7 Å². The summed E-state index contributed by atoms with van der Waals surface area (Å²) in [6, 6.07) is 4.58. The Morgan fingerprint density at radius 2 is 2.28 bits per heavy atom. The monoisotopic (exact) mass is 262 g/mol. The molecule has 1 unspecified atom stereocenters. The predicted molar refractivity (Wildman–Crippen MR) is 70.8 cm³/mol. The Hall–Kier alpha value is -1.88. The number of nitrogens with one attached hydrogen (secondary N) is 1. The van der Waals surface area contributed by atoms with Crippen LogP contribution in [0.3, 0.4) is 0 Å². The molecule has 4 nitrogen and oxygen atoms in total. The maximum Gasteiger partial charge on any atom is 0.252 e. The van der Waals surface area contributed by atoms with E-state index in [1.807, 2.05) is 12.3 Å². The summed E-state index contributed by atoms with van der Waals surface area (Å²) >= 11 is 1.51. The zero-order chi connectivity index (χ0) is 13.1. The number of benzene rings is 1. The average Bonchev–Trinajstić information content (AvgIpc) is 2.81. The molecule has 1 heterocycles. The number of carbonyl (C=O) groups excluding carboxylic acids is 1. The molecule has 18 heavy (non-hydrogen) atoms. The van der Waals surface area contributed by atoms with Crippen molar-refractivity contribution in [1.29, 1.82) is 0 Å². The van der Waals surface area contributed by atoms with Crippen LogP contribution in [0.2, 0.25) is 0 Å². The van der Waals surface area contributed by atoms with Gasteiger partial charge in [0.05, 0.1) is 6.04 Å². The number of amides is 1. The van der Waals surface area contributed by atoms with Crippen LogP contribution in [0.25, 0.3) is 0 Å². The van der Waals surface area contributed by atoms with Crippen LogP contribution in [0.5, 0.6) is 5.75 Å². The van der Waals surface area contributed by atoms with Crippen molar-refractivity contribution in [1.82, 2.24) is 10.3 Å². The molecule has 0 aliphatic heterocycles. The first-order chi connectivity index (χ1) is 8.58. The highest BCUT2D eigenvalue weighted by molar-refractivity contribution is 7.09. The molecule has 2 rings (SSSR count). The predicted octanol–water partition coefficient (Wildman–Crippen LogP) is 2.65. The van der Waals surface area contributed by atoms with Crippen LogP contribution in [0, 0.1) is 6.92 Å². The minimum Gasteiger partial charge on any atom is -0.508 e. The van der Waals surface area contributed by atoms with Crippen molar-refractivity contribution in [3.8, 4) is 5.75 Å². The van der Waals surface area contributed by atoms with Gasteiger partial charge < -0.3 is 10.4 Å². The molecule has 2 N–H and O–H groups in total. The van der Waals surface area contributed by atoms with Crippen molar-refractivity contribution in [2.45, 2.75) is 19.9 Å². The van der Waals surface area contributed by atoms with E-state index in [0.29, 0.717) is 5.56 Å². The molecule has 94 valence electrons. The van der Waals surface area contributed by atoms with Crippen molar-refractivity contribution in [3.05, 3.63) is 45.9 Å². The van der Waals surface area contributed by atoms with Crippen LogP contribution in [-0.2, 0) is 0 Å².